The topological polar surface area (TPSA) is 47.8 Å². The molecular weight excluding hydrogens is 334 g/mol. The molecule has 0 aliphatic rings. The number of thiazole rings is 1. The summed E-state index contributed by atoms with van der Waals surface area (Å²) >= 11 is 4.76. The summed E-state index contributed by atoms with van der Waals surface area (Å²) in [5.41, 5.74) is 1.93. The quantitative estimate of drug-likeness (QED) is 0.494. The second-order valence-corrected chi connectivity index (χ2v) is 7.65. The maximum atomic E-state index is 12.4. The van der Waals surface area contributed by atoms with E-state index in [1.165, 1.54) is 16.3 Å². The molecule has 4 nitrogen and oxygen atoms in total. The fraction of sp³-hybridized carbons (Fsp3) is 0.400. The molecule has 3 rings (SSSR count). The van der Waals surface area contributed by atoms with Crippen molar-refractivity contribution in [3.63, 3.8) is 0 Å². The van der Waals surface area contributed by atoms with E-state index in [-0.39, 0.29) is 5.56 Å². The van der Waals surface area contributed by atoms with E-state index in [1.54, 1.807) is 27.7 Å². The van der Waals surface area contributed by atoms with E-state index in [2.05, 4.69) is 22.3 Å². The van der Waals surface area contributed by atoms with Crippen molar-refractivity contribution in [1.82, 2.24) is 14.5 Å². The lowest BCUT2D eigenvalue weighted by Crippen LogP contribution is -2.21. The number of thiophene rings is 1. The van der Waals surface area contributed by atoms with Gasteiger partial charge in [0.2, 0.25) is 0 Å². The summed E-state index contributed by atoms with van der Waals surface area (Å²) in [6.07, 6.45) is 2.15. The minimum Gasteiger partial charge on any atom is -0.287 e. The largest absolute Gasteiger partial charge is 0.287 e. The van der Waals surface area contributed by atoms with Crippen LogP contribution in [0.15, 0.2) is 26.8 Å². The van der Waals surface area contributed by atoms with Gasteiger partial charge in [0, 0.05) is 17.7 Å². The monoisotopic (exact) mass is 351 g/mol. The molecular formula is C15H17N3OS3. The summed E-state index contributed by atoms with van der Waals surface area (Å²) in [4.78, 5) is 21.7. The highest BCUT2D eigenvalue weighted by molar-refractivity contribution is 7.98. The molecule has 0 unspecified atom stereocenters. The van der Waals surface area contributed by atoms with Crippen LogP contribution < -0.4 is 5.56 Å². The Bertz CT molecular complexity index is 834. The van der Waals surface area contributed by atoms with Gasteiger partial charge >= 0.3 is 0 Å². The van der Waals surface area contributed by atoms with E-state index in [1.807, 2.05) is 18.4 Å². The van der Waals surface area contributed by atoms with E-state index in [9.17, 15) is 4.79 Å². The second kappa shape index (κ2) is 6.93. The molecule has 3 aromatic rings. The van der Waals surface area contributed by atoms with Gasteiger partial charge < -0.3 is 0 Å². The lowest BCUT2D eigenvalue weighted by molar-refractivity contribution is 0.635. The van der Waals surface area contributed by atoms with Crippen LogP contribution in [0, 0.1) is 0 Å². The molecule has 0 aliphatic carbocycles. The van der Waals surface area contributed by atoms with Crippen LogP contribution >= 0.6 is 34.4 Å². The molecule has 0 spiro atoms. The molecule has 0 bridgehead atoms. The van der Waals surface area contributed by atoms with Gasteiger partial charge in [-0.3, -0.25) is 9.36 Å². The zero-order chi connectivity index (χ0) is 15.5. The number of nitrogens with zero attached hydrogens (tertiary/aromatic N) is 3. The molecule has 0 fully saturated rings. The predicted molar refractivity (Wildman–Crippen MR) is 95.2 cm³/mol. The molecule has 0 aliphatic heterocycles. The van der Waals surface area contributed by atoms with E-state index < -0.39 is 0 Å². The van der Waals surface area contributed by atoms with Crippen molar-refractivity contribution in [3.8, 4) is 0 Å². The van der Waals surface area contributed by atoms with Crippen molar-refractivity contribution in [2.45, 2.75) is 44.1 Å². The lowest BCUT2D eigenvalue weighted by Gasteiger charge is -2.08. The molecule has 0 saturated heterocycles. The number of rotatable bonds is 6. The van der Waals surface area contributed by atoms with Gasteiger partial charge in [-0.15, -0.1) is 22.7 Å². The van der Waals surface area contributed by atoms with Crippen molar-refractivity contribution in [3.05, 3.63) is 37.9 Å². The Labute approximate surface area is 141 Å². The Balaban J connectivity index is 1.84. The number of fused-ring (bicyclic) bond motifs is 1. The summed E-state index contributed by atoms with van der Waals surface area (Å²) in [6, 6.07) is 1.91. The van der Waals surface area contributed by atoms with Crippen molar-refractivity contribution in [2.24, 2.45) is 0 Å². The standard InChI is InChI=1S/C15H17N3OS3/c1-3-5-12-16-10(8-21-12)9-22-15-17-11-6-7-20-13(11)14(19)18(15)4-2/h6-8H,3-5,9H2,1-2H3. The van der Waals surface area contributed by atoms with Gasteiger partial charge in [0.15, 0.2) is 5.16 Å². The van der Waals surface area contributed by atoms with Crippen molar-refractivity contribution in [2.75, 3.05) is 0 Å². The molecule has 0 aromatic carbocycles. The average Bonchev–Trinajstić information content (AvgIpc) is 3.15. The molecule has 116 valence electrons. The summed E-state index contributed by atoms with van der Waals surface area (Å²) in [5, 5.41) is 6.00. The van der Waals surface area contributed by atoms with Crippen LogP contribution in [0.1, 0.15) is 31.0 Å². The van der Waals surface area contributed by atoms with Gasteiger partial charge in [-0.05, 0) is 31.2 Å². The highest BCUT2D eigenvalue weighted by atomic mass is 32.2. The van der Waals surface area contributed by atoms with Crippen LogP contribution in [0.4, 0.5) is 0 Å². The van der Waals surface area contributed by atoms with Crippen molar-refractivity contribution in [1.29, 1.82) is 0 Å². The minimum atomic E-state index is 0.0648. The average molecular weight is 352 g/mol. The Morgan fingerprint density at radius 3 is 2.91 bits per heavy atom. The molecule has 0 amide bonds. The Morgan fingerprint density at radius 2 is 2.14 bits per heavy atom. The van der Waals surface area contributed by atoms with Crippen LogP contribution in [0.2, 0.25) is 0 Å². The number of hydrogen-bond acceptors (Lipinski definition) is 6. The van der Waals surface area contributed by atoms with Gasteiger partial charge in [0.1, 0.15) is 4.70 Å². The molecule has 0 saturated carbocycles. The normalized spacial score (nSPS) is 11.4. The zero-order valence-corrected chi connectivity index (χ0v) is 15.0. The maximum Gasteiger partial charge on any atom is 0.272 e. The predicted octanol–water partition coefficient (Wildman–Crippen LogP) is 4.18. The molecule has 3 heterocycles. The van der Waals surface area contributed by atoms with E-state index >= 15 is 0 Å². The van der Waals surface area contributed by atoms with Gasteiger partial charge in [0.25, 0.3) is 5.56 Å². The second-order valence-electron chi connectivity index (χ2n) is 4.85. The first-order valence-corrected chi connectivity index (χ1v) is 10.0. The lowest BCUT2D eigenvalue weighted by atomic mass is 10.3. The molecule has 3 aromatic heterocycles. The zero-order valence-electron chi connectivity index (χ0n) is 12.5. The van der Waals surface area contributed by atoms with Gasteiger partial charge in [0.05, 0.1) is 16.2 Å². The van der Waals surface area contributed by atoms with Crippen LogP contribution in [-0.4, -0.2) is 14.5 Å². The number of aryl methyl sites for hydroxylation is 1. The third-order valence-electron chi connectivity index (χ3n) is 3.26. The van der Waals surface area contributed by atoms with Crippen molar-refractivity contribution < 1.29 is 0 Å². The third kappa shape index (κ3) is 3.11. The summed E-state index contributed by atoms with van der Waals surface area (Å²) < 4.78 is 2.49. The third-order valence-corrected chi connectivity index (χ3v) is 6.12. The summed E-state index contributed by atoms with van der Waals surface area (Å²) in [5.74, 6) is 0.752. The summed E-state index contributed by atoms with van der Waals surface area (Å²) in [6.45, 7) is 4.78. The Hall–Kier alpha value is -1.18. The first-order valence-electron chi connectivity index (χ1n) is 7.27. The van der Waals surface area contributed by atoms with Crippen LogP contribution in [0.25, 0.3) is 10.2 Å². The van der Waals surface area contributed by atoms with Crippen LogP contribution in [0.5, 0.6) is 0 Å². The fourth-order valence-electron chi connectivity index (χ4n) is 2.19. The fourth-order valence-corrected chi connectivity index (χ4v) is 4.93. The SMILES string of the molecule is CCCc1nc(CSc2nc3ccsc3c(=O)n2CC)cs1. The first-order chi connectivity index (χ1) is 10.7. The smallest absolute Gasteiger partial charge is 0.272 e. The first kappa shape index (κ1) is 15.7. The highest BCUT2D eigenvalue weighted by Gasteiger charge is 2.12. The van der Waals surface area contributed by atoms with Crippen LogP contribution in [0.3, 0.4) is 0 Å². The van der Waals surface area contributed by atoms with Gasteiger partial charge in [-0.25, -0.2) is 9.97 Å². The Morgan fingerprint density at radius 1 is 1.27 bits per heavy atom. The van der Waals surface area contributed by atoms with E-state index in [4.69, 9.17) is 0 Å². The van der Waals surface area contributed by atoms with E-state index in [0.29, 0.717) is 6.54 Å². The molecule has 22 heavy (non-hydrogen) atoms. The number of thioether (sulfide) groups is 1. The Kier molecular flexibility index (Phi) is 4.95. The molecule has 0 radical (unpaired) electrons. The molecule has 0 N–H and O–H groups in total. The van der Waals surface area contributed by atoms with Gasteiger partial charge in [-0.1, -0.05) is 18.7 Å². The maximum absolute atomic E-state index is 12.4. The summed E-state index contributed by atoms with van der Waals surface area (Å²) in [7, 11) is 0. The number of hydrogen-bond donors (Lipinski definition) is 0. The van der Waals surface area contributed by atoms with E-state index in [0.717, 1.165) is 39.7 Å². The molecule has 0 atom stereocenters. The van der Waals surface area contributed by atoms with Gasteiger partial charge in [-0.2, -0.15) is 0 Å². The van der Waals surface area contributed by atoms with Crippen LogP contribution in [-0.2, 0) is 18.7 Å². The highest BCUT2D eigenvalue weighted by Crippen LogP contribution is 2.24. The molecule has 7 heteroatoms. The minimum absolute atomic E-state index is 0.0648. The van der Waals surface area contributed by atoms with Crippen molar-refractivity contribution >= 4 is 44.7 Å². The number of aromatic nitrogens is 3.